The Labute approximate surface area is 153 Å². The Hall–Kier alpha value is -1.16. The normalized spacial score (nSPS) is 11.2. The van der Waals surface area contributed by atoms with E-state index in [-0.39, 0.29) is 23.9 Å². The molecule has 0 fully saturated rings. The molecule has 0 aromatic heterocycles. The van der Waals surface area contributed by atoms with Crippen LogP contribution in [0.15, 0.2) is 53.4 Å². The number of carbonyl (C=O) groups is 1. The van der Waals surface area contributed by atoms with Gasteiger partial charge in [-0.15, -0.1) is 0 Å². The smallest absolute Gasteiger partial charge is 0.251 e. The molecule has 0 saturated heterocycles. The summed E-state index contributed by atoms with van der Waals surface area (Å²) < 4.78 is 27.6. The third-order valence-electron chi connectivity index (χ3n) is 2.92. The Morgan fingerprint density at radius 3 is 2.43 bits per heavy atom. The van der Waals surface area contributed by atoms with Gasteiger partial charge in [0.25, 0.3) is 5.91 Å². The molecule has 2 aromatic carbocycles. The number of halogens is 2. The summed E-state index contributed by atoms with van der Waals surface area (Å²) >= 11 is 7.94. The molecule has 1 amide bonds. The average Bonchev–Trinajstić information content (AvgIpc) is 2.52. The van der Waals surface area contributed by atoms with Crippen LogP contribution in [0.4, 0.5) is 0 Å². The summed E-state index contributed by atoms with van der Waals surface area (Å²) in [5.41, 5.74) is 0.531. The molecule has 2 N–H and O–H groups in total. The lowest BCUT2D eigenvalue weighted by Gasteiger charge is -2.08. The zero-order chi connectivity index (χ0) is 16.9. The quantitative estimate of drug-likeness (QED) is 0.510. The van der Waals surface area contributed by atoms with Gasteiger partial charge in [-0.3, -0.25) is 4.79 Å². The summed E-state index contributed by atoms with van der Waals surface area (Å²) in [6, 6.07) is 13.1. The van der Waals surface area contributed by atoms with Crippen LogP contribution < -0.4 is 10.0 Å². The molecule has 0 aliphatic carbocycles. The Balaban J connectivity index is 1.85. The number of amides is 1. The predicted octanol–water partition coefficient (Wildman–Crippen LogP) is 2.65. The number of nitrogens with one attached hydrogen (secondary N) is 2. The second-order valence-corrected chi connectivity index (χ2v) is 8.07. The number of hydrogen-bond acceptors (Lipinski definition) is 3. The molecular formula is C15H14ClIN2O3S. The largest absolute Gasteiger partial charge is 0.351 e. The zero-order valence-corrected chi connectivity index (χ0v) is 15.7. The summed E-state index contributed by atoms with van der Waals surface area (Å²) in [5.74, 6) is -0.247. The van der Waals surface area contributed by atoms with Crippen LogP contribution >= 0.6 is 34.2 Å². The SMILES string of the molecule is O=C(NCCNS(=O)(=O)c1cccc(Cl)c1)c1ccc(I)cc1. The van der Waals surface area contributed by atoms with Crippen molar-refractivity contribution in [2.24, 2.45) is 0 Å². The van der Waals surface area contributed by atoms with Crippen LogP contribution in [0, 0.1) is 3.57 Å². The van der Waals surface area contributed by atoms with E-state index in [1.54, 1.807) is 24.3 Å². The van der Waals surface area contributed by atoms with E-state index in [9.17, 15) is 13.2 Å². The van der Waals surface area contributed by atoms with E-state index < -0.39 is 10.0 Å². The summed E-state index contributed by atoms with van der Waals surface area (Å²) in [7, 11) is -3.64. The van der Waals surface area contributed by atoms with E-state index in [2.05, 4.69) is 32.6 Å². The Kier molecular flexibility index (Phi) is 6.40. The zero-order valence-electron chi connectivity index (χ0n) is 11.9. The van der Waals surface area contributed by atoms with Crippen molar-refractivity contribution < 1.29 is 13.2 Å². The molecule has 8 heteroatoms. The Bertz CT molecular complexity index is 795. The summed E-state index contributed by atoms with van der Waals surface area (Å²) in [6.45, 7) is 0.273. The maximum atomic E-state index is 12.1. The lowest BCUT2D eigenvalue weighted by atomic mass is 10.2. The van der Waals surface area contributed by atoms with Crippen molar-refractivity contribution in [3.8, 4) is 0 Å². The Morgan fingerprint density at radius 2 is 1.78 bits per heavy atom. The van der Waals surface area contributed by atoms with Gasteiger partial charge >= 0.3 is 0 Å². The van der Waals surface area contributed by atoms with E-state index in [1.807, 2.05) is 12.1 Å². The molecule has 0 atom stereocenters. The van der Waals surface area contributed by atoms with Crippen molar-refractivity contribution in [3.05, 3.63) is 62.7 Å². The first kappa shape index (κ1) is 18.2. The predicted molar refractivity (Wildman–Crippen MR) is 98.1 cm³/mol. The van der Waals surface area contributed by atoms with Crippen molar-refractivity contribution in [3.63, 3.8) is 0 Å². The number of carbonyl (C=O) groups excluding carboxylic acids is 1. The highest BCUT2D eigenvalue weighted by atomic mass is 127. The van der Waals surface area contributed by atoms with E-state index in [0.717, 1.165) is 3.57 Å². The molecule has 0 heterocycles. The molecule has 122 valence electrons. The second-order valence-electron chi connectivity index (χ2n) is 4.62. The number of benzene rings is 2. The third-order valence-corrected chi connectivity index (χ3v) is 5.33. The fraction of sp³-hybridized carbons (Fsp3) is 0.133. The fourth-order valence-corrected chi connectivity index (χ4v) is 3.47. The van der Waals surface area contributed by atoms with Crippen molar-refractivity contribution in [2.75, 3.05) is 13.1 Å². The fourth-order valence-electron chi connectivity index (χ4n) is 1.78. The van der Waals surface area contributed by atoms with Crippen molar-refractivity contribution in [2.45, 2.75) is 4.90 Å². The highest BCUT2D eigenvalue weighted by Crippen LogP contribution is 2.14. The molecule has 0 saturated carbocycles. The molecule has 0 radical (unpaired) electrons. The summed E-state index contributed by atoms with van der Waals surface area (Å²) in [5, 5.41) is 3.01. The van der Waals surface area contributed by atoms with Crippen molar-refractivity contribution in [1.82, 2.24) is 10.0 Å². The molecule has 2 rings (SSSR count). The van der Waals surface area contributed by atoms with Gasteiger partial charge in [0.15, 0.2) is 0 Å². The maximum Gasteiger partial charge on any atom is 0.251 e. The van der Waals surface area contributed by atoms with Crippen molar-refractivity contribution in [1.29, 1.82) is 0 Å². The molecule has 23 heavy (non-hydrogen) atoms. The third kappa shape index (κ3) is 5.45. The molecular weight excluding hydrogens is 451 g/mol. The molecule has 2 aromatic rings. The monoisotopic (exact) mass is 464 g/mol. The van der Waals surface area contributed by atoms with Crippen LogP contribution in [-0.2, 0) is 10.0 Å². The van der Waals surface area contributed by atoms with Gasteiger partial charge < -0.3 is 5.32 Å². The van der Waals surface area contributed by atoms with Gasteiger partial charge in [0.1, 0.15) is 0 Å². The molecule has 5 nitrogen and oxygen atoms in total. The second kappa shape index (κ2) is 8.09. The van der Waals surface area contributed by atoms with Crippen LogP contribution in [0.5, 0.6) is 0 Å². The van der Waals surface area contributed by atoms with Gasteiger partial charge in [-0.1, -0.05) is 17.7 Å². The van der Waals surface area contributed by atoms with Crippen LogP contribution in [-0.4, -0.2) is 27.4 Å². The Morgan fingerprint density at radius 1 is 1.09 bits per heavy atom. The first-order chi connectivity index (χ1) is 10.9. The first-order valence-electron chi connectivity index (χ1n) is 6.67. The molecule has 0 spiro atoms. The lowest BCUT2D eigenvalue weighted by molar-refractivity contribution is 0.0954. The van der Waals surface area contributed by atoms with Gasteiger partial charge in [0.05, 0.1) is 4.90 Å². The minimum absolute atomic E-state index is 0.0882. The van der Waals surface area contributed by atoms with E-state index in [1.165, 1.54) is 12.1 Å². The van der Waals surface area contributed by atoms with Crippen LogP contribution in [0.2, 0.25) is 5.02 Å². The molecule has 0 bridgehead atoms. The standard InChI is InChI=1S/C15H14ClIN2O3S/c16-12-2-1-3-14(10-12)23(21,22)19-9-8-18-15(20)11-4-6-13(17)7-5-11/h1-7,10,19H,8-9H2,(H,18,20). The van der Waals surface area contributed by atoms with E-state index in [4.69, 9.17) is 11.6 Å². The highest BCUT2D eigenvalue weighted by molar-refractivity contribution is 14.1. The van der Waals surface area contributed by atoms with E-state index in [0.29, 0.717) is 10.6 Å². The minimum atomic E-state index is -3.64. The number of sulfonamides is 1. The van der Waals surface area contributed by atoms with Gasteiger partial charge in [0, 0.05) is 27.2 Å². The molecule has 0 unspecified atom stereocenters. The molecule has 0 aliphatic rings. The van der Waals surface area contributed by atoms with Crippen LogP contribution in [0.25, 0.3) is 0 Å². The maximum absolute atomic E-state index is 12.1. The topological polar surface area (TPSA) is 75.3 Å². The van der Waals surface area contributed by atoms with Gasteiger partial charge in [-0.2, -0.15) is 0 Å². The summed E-state index contributed by atoms with van der Waals surface area (Å²) in [6.07, 6.45) is 0. The van der Waals surface area contributed by atoms with Gasteiger partial charge in [0.2, 0.25) is 10.0 Å². The number of rotatable bonds is 6. The number of hydrogen-bond donors (Lipinski definition) is 2. The first-order valence-corrected chi connectivity index (χ1v) is 9.61. The van der Waals surface area contributed by atoms with Gasteiger partial charge in [-0.25, -0.2) is 13.1 Å². The highest BCUT2D eigenvalue weighted by Gasteiger charge is 2.13. The lowest BCUT2D eigenvalue weighted by Crippen LogP contribution is -2.34. The average molecular weight is 465 g/mol. The van der Waals surface area contributed by atoms with Crippen LogP contribution in [0.3, 0.4) is 0 Å². The van der Waals surface area contributed by atoms with Crippen molar-refractivity contribution >= 4 is 50.1 Å². The van der Waals surface area contributed by atoms with Gasteiger partial charge in [-0.05, 0) is 65.1 Å². The molecule has 0 aliphatic heterocycles. The summed E-state index contributed by atoms with van der Waals surface area (Å²) in [4.78, 5) is 12.0. The van der Waals surface area contributed by atoms with E-state index >= 15 is 0 Å². The minimum Gasteiger partial charge on any atom is -0.351 e. The van der Waals surface area contributed by atoms with Crippen LogP contribution in [0.1, 0.15) is 10.4 Å².